The van der Waals surface area contributed by atoms with Gasteiger partial charge in [0.25, 0.3) is 5.69 Å². The fourth-order valence-corrected chi connectivity index (χ4v) is 4.57. The molecule has 1 saturated heterocycles. The summed E-state index contributed by atoms with van der Waals surface area (Å²) in [5.74, 6) is -0.312. The number of nitro groups is 1. The van der Waals surface area contributed by atoms with Gasteiger partial charge < -0.3 is 0 Å². The van der Waals surface area contributed by atoms with E-state index in [4.69, 9.17) is 0 Å². The molecule has 0 saturated carbocycles. The molecule has 1 heterocycles. The first-order valence-electron chi connectivity index (χ1n) is 8.95. The van der Waals surface area contributed by atoms with E-state index in [1.54, 1.807) is 12.1 Å². The number of piperidine rings is 1. The predicted octanol–water partition coefficient (Wildman–Crippen LogP) is 3.67. The van der Waals surface area contributed by atoms with Crippen LogP contribution in [0.15, 0.2) is 59.5 Å². The molecule has 0 unspecified atom stereocenters. The van der Waals surface area contributed by atoms with Crippen molar-refractivity contribution >= 4 is 27.6 Å². The molecular weight excluding hydrogens is 380 g/mol. The summed E-state index contributed by atoms with van der Waals surface area (Å²) < 4.78 is 26.8. The Morgan fingerprint density at radius 2 is 1.71 bits per heavy atom. The minimum absolute atomic E-state index is 0.0538. The standard InChI is InChI=1S/C20H20N2O5S/c23-20(12-7-16-5-4-6-18(15-16)22(24)25)17-8-10-19(11-9-17)28(26,27)21-13-2-1-3-14-21/h4-12,15H,1-3,13-14H2/b12-7+. The van der Waals surface area contributed by atoms with Crippen LogP contribution in [0.1, 0.15) is 35.2 Å². The van der Waals surface area contributed by atoms with E-state index >= 15 is 0 Å². The lowest BCUT2D eigenvalue weighted by Crippen LogP contribution is -2.35. The Labute approximate surface area is 163 Å². The lowest BCUT2D eigenvalue weighted by atomic mass is 10.1. The Kier molecular flexibility index (Phi) is 6.01. The maximum atomic E-state index is 12.6. The third kappa shape index (κ3) is 4.52. The predicted molar refractivity (Wildman–Crippen MR) is 106 cm³/mol. The molecule has 146 valence electrons. The molecule has 0 spiro atoms. The smallest absolute Gasteiger partial charge is 0.270 e. The fourth-order valence-electron chi connectivity index (χ4n) is 3.06. The largest absolute Gasteiger partial charge is 0.289 e. The van der Waals surface area contributed by atoms with Crippen molar-refractivity contribution in [1.29, 1.82) is 0 Å². The van der Waals surface area contributed by atoms with Crippen LogP contribution in [0.4, 0.5) is 5.69 Å². The average Bonchev–Trinajstić information content (AvgIpc) is 2.73. The molecule has 0 aliphatic carbocycles. The zero-order valence-electron chi connectivity index (χ0n) is 15.2. The van der Waals surface area contributed by atoms with E-state index < -0.39 is 14.9 Å². The lowest BCUT2D eigenvalue weighted by molar-refractivity contribution is -0.384. The summed E-state index contributed by atoms with van der Waals surface area (Å²) in [6.45, 7) is 1.05. The van der Waals surface area contributed by atoms with Crippen molar-refractivity contribution in [3.05, 3.63) is 75.8 Å². The van der Waals surface area contributed by atoms with Gasteiger partial charge >= 0.3 is 0 Å². The first-order chi connectivity index (χ1) is 13.4. The first-order valence-corrected chi connectivity index (χ1v) is 10.4. The van der Waals surface area contributed by atoms with Crippen LogP contribution in [0.5, 0.6) is 0 Å². The van der Waals surface area contributed by atoms with Crippen molar-refractivity contribution in [2.24, 2.45) is 0 Å². The number of ketones is 1. The molecule has 3 rings (SSSR count). The number of carbonyl (C=O) groups is 1. The van der Waals surface area contributed by atoms with Crippen molar-refractivity contribution < 1.29 is 18.1 Å². The summed E-state index contributed by atoms with van der Waals surface area (Å²) in [5, 5.41) is 10.8. The number of sulfonamides is 1. The number of rotatable bonds is 6. The number of hydrogen-bond acceptors (Lipinski definition) is 5. The lowest BCUT2D eigenvalue weighted by Gasteiger charge is -2.25. The van der Waals surface area contributed by atoms with E-state index in [1.807, 2.05) is 0 Å². The molecule has 2 aromatic rings. The van der Waals surface area contributed by atoms with E-state index in [2.05, 4.69) is 0 Å². The van der Waals surface area contributed by atoms with Gasteiger partial charge in [-0.3, -0.25) is 14.9 Å². The monoisotopic (exact) mass is 400 g/mol. The summed E-state index contributed by atoms with van der Waals surface area (Å²) >= 11 is 0. The fraction of sp³-hybridized carbons (Fsp3) is 0.250. The Bertz CT molecular complexity index is 1010. The van der Waals surface area contributed by atoms with Gasteiger partial charge in [-0.15, -0.1) is 0 Å². The Hall–Kier alpha value is -2.84. The van der Waals surface area contributed by atoms with E-state index in [0.717, 1.165) is 19.3 Å². The molecule has 1 aliphatic rings. The third-order valence-corrected chi connectivity index (χ3v) is 6.51. The second-order valence-corrected chi connectivity index (χ2v) is 8.48. The maximum absolute atomic E-state index is 12.6. The highest BCUT2D eigenvalue weighted by atomic mass is 32.2. The van der Waals surface area contributed by atoms with Gasteiger partial charge in [0, 0.05) is 30.8 Å². The maximum Gasteiger partial charge on any atom is 0.270 e. The van der Waals surface area contributed by atoms with Gasteiger partial charge in [-0.1, -0.05) is 24.6 Å². The van der Waals surface area contributed by atoms with E-state index in [0.29, 0.717) is 24.2 Å². The molecule has 2 aromatic carbocycles. The van der Waals surface area contributed by atoms with Crippen LogP contribution in [0.25, 0.3) is 6.08 Å². The van der Waals surface area contributed by atoms with Gasteiger partial charge in [-0.25, -0.2) is 8.42 Å². The number of hydrogen-bond donors (Lipinski definition) is 0. The van der Waals surface area contributed by atoms with Crippen molar-refractivity contribution in [3.63, 3.8) is 0 Å². The topological polar surface area (TPSA) is 97.6 Å². The van der Waals surface area contributed by atoms with Crippen LogP contribution in [-0.2, 0) is 10.0 Å². The van der Waals surface area contributed by atoms with Gasteiger partial charge in [0.05, 0.1) is 9.82 Å². The highest BCUT2D eigenvalue weighted by molar-refractivity contribution is 7.89. The van der Waals surface area contributed by atoms with Crippen LogP contribution in [0.3, 0.4) is 0 Å². The number of nitrogens with zero attached hydrogens (tertiary/aromatic N) is 2. The molecule has 0 amide bonds. The molecule has 0 bridgehead atoms. The molecule has 0 radical (unpaired) electrons. The Morgan fingerprint density at radius 3 is 2.36 bits per heavy atom. The van der Waals surface area contributed by atoms with Crippen LogP contribution < -0.4 is 0 Å². The normalized spacial score (nSPS) is 15.6. The van der Waals surface area contributed by atoms with Crippen molar-refractivity contribution in [1.82, 2.24) is 4.31 Å². The zero-order valence-corrected chi connectivity index (χ0v) is 16.0. The SMILES string of the molecule is O=C(/C=C/c1cccc([N+](=O)[O-])c1)c1ccc(S(=O)(=O)N2CCCCC2)cc1. The number of allylic oxidation sites excluding steroid dienone is 1. The van der Waals surface area contributed by atoms with Crippen LogP contribution in [0, 0.1) is 10.1 Å². The van der Waals surface area contributed by atoms with Crippen LogP contribution in [0.2, 0.25) is 0 Å². The molecule has 1 aliphatic heterocycles. The number of non-ortho nitro benzene ring substituents is 1. The van der Waals surface area contributed by atoms with Gasteiger partial charge in [0.2, 0.25) is 10.0 Å². The first kappa shape index (κ1) is 19.9. The van der Waals surface area contributed by atoms with Crippen molar-refractivity contribution in [3.8, 4) is 0 Å². The Morgan fingerprint density at radius 1 is 1.04 bits per heavy atom. The summed E-state index contributed by atoms with van der Waals surface area (Å²) in [7, 11) is -3.53. The summed E-state index contributed by atoms with van der Waals surface area (Å²) in [6.07, 6.45) is 5.56. The second kappa shape index (κ2) is 8.45. The van der Waals surface area contributed by atoms with Gasteiger partial charge in [0.15, 0.2) is 5.78 Å². The van der Waals surface area contributed by atoms with Gasteiger partial charge in [-0.2, -0.15) is 4.31 Å². The van der Waals surface area contributed by atoms with Gasteiger partial charge in [0.1, 0.15) is 0 Å². The van der Waals surface area contributed by atoms with Gasteiger partial charge in [-0.05, 0) is 48.7 Å². The van der Waals surface area contributed by atoms with Crippen LogP contribution >= 0.6 is 0 Å². The van der Waals surface area contributed by atoms with Crippen molar-refractivity contribution in [2.45, 2.75) is 24.2 Å². The molecule has 0 atom stereocenters. The summed E-state index contributed by atoms with van der Waals surface area (Å²) in [5.41, 5.74) is 0.827. The van der Waals surface area contributed by atoms with E-state index in [1.165, 1.54) is 52.9 Å². The molecule has 0 aromatic heterocycles. The minimum Gasteiger partial charge on any atom is -0.289 e. The average molecular weight is 400 g/mol. The Balaban J connectivity index is 1.73. The number of carbonyl (C=O) groups excluding carboxylic acids is 1. The quantitative estimate of drug-likeness (QED) is 0.319. The molecule has 7 nitrogen and oxygen atoms in total. The summed E-state index contributed by atoms with van der Waals surface area (Å²) in [6, 6.07) is 11.8. The molecule has 8 heteroatoms. The van der Waals surface area contributed by atoms with Crippen LogP contribution in [-0.4, -0.2) is 36.5 Å². The zero-order chi connectivity index (χ0) is 20.1. The highest BCUT2D eigenvalue weighted by Crippen LogP contribution is 2.21. The summed E-state index contributed by atoms with van der Waals surface area (Å²) in [4.78, 5) is 22.8. The van der Waals surface area contributed by atoms with E-state index in [-0.39, 0.29) is 16.4 Å². The molecule has 28 heavy (non-hydrogen) atoms. The molecule has 0 N–H and O–H groups in total. The third-order valence-electron chi connectivity index (χ3n) is 4.60. The highest BCUT2D eigenvalue weighted by Gasteiger charge is 2.25. The number of nitro benzene ring substituents is 1. The van der Waals surface area contributed by atoms with Crippen molar-refractivity contribution in [2.75, 3.05) is 13.1 Å². The number of benzene rings is 2. The van der Waals surface area contributed by atoms with E-state index in [9.17, 15) is 23.3 Å². The molecular formula is C20H20N2O5S. The minimum atomic E-state index is -3.53. The molecule has 1 fully saturated rings. The second-order valence-electron chi connectivity index (χ2n) is 6.54.